The van der Waals surface area contributed by atoms with Crippen LogP contribution in [0, 0.1) is 11.3 Å². The average Bonchev–Trinajstić information content (AvgIpc) is 3.20. The van der Waals surface area contributed by atoms with Crippen molar-refractivity contribution < 1.29 is 33.7 Å². The predicted molar refractivity (Wildman–Crippen MR) is 111 cm³/mol. The summed E-state index contributed by atoms with van der Waals surface area (Å²) in [5.41, 5.74) is -3.03. The molecular formula is C23H30N2O7. The van der Waals surface area contributed by atoms with E-state index in [0.717, 1.165) is 0 Å². The van der Waals surface area contributed by atoms with Gasteiger partial charge in [0.2, 0.25) is 5.41 Å². The highest BCUT2D eigenvalue weighted by molar-refractivity contribution is 6.02. The van der Waals surface area contributed by atoms with Crippen molar-refractivity contribution in [2.24, 2.45) is 11.3 Å². The molecule has 0 radical (unpaired) electrons. The third-order valence-corrected chi connectivity index (χ3v) is 6.21. The number of aliphatic hydroxyl groups excluding tert-OH is 1. The third kappa shape index (κ3) is 3.34. The fraction of sp³-hybridized carbons (Fsp3) is 0.652. The van der Waals surface area contributed by atoms with Crippen molar-refractivity contribution in [2.75, 3.05) is 13.2 Å². The Bertz CT molecular complexity index is 934. The molecule has 1 aromatic heterocycles. The van der Waals surface area contributed by atoms with Gasteiger partial charge in [-0.3, -0.25) is 14.6 Å². The summed E-state index contributed by atoms with van der Waals surface area (Å²) in [7, 11) is 0. The number of aliphatic hydroxyl groups is 1. The van der Waals surface area contributed by atoms with Crippen LogP contribution in [0.5, 0.6) is 0 Å². The molecule has 1 aromatic rings. The van der Waals surface area contributed by atoms with Gasteiger partial charge in [0, 0.05) is 24.6 Å². The molecular weight excluding hydrogens is 416 g/mol. The van der Waals surface area contributed by atoms with Crippen molar-refractivity contribution in [3.05, 3.63) is 29.6 Å². The van der Waals surface area contributed by atoms with Gasteiger partial charge in [-0.15, -0.1) is 0 Å². The highest BCUT2D eigenvalue weighted by atomic mass is 16.6. The molecule has 2 saturated heterocycles. The van der Waals surface area contributed by atoms with Gasteiger partial charge in [-0.25, -0.2) is 4.79 Å². The van der Waals surface area contributed by atoms with E-state index in [0.29, 0.717) is 5.56 Å². The van der Waals surface area contributed by atoms with E-state index in [4.69, 9.17) is 14.2 Å². The number of nitrogens with zero attached hydrogens (tertiary/aromatic N) is 2. The van der Waals surface area contributed by atoms with E-state index in [1.54, 1.807) is 47.6 Å². The first-order valence-corrected chi connectivity index (χ1v) is 10.8. The van der Waals surface area contributed by atoms with Crippen molar-refractivity contribution in [3.63, 3.8) is 0 Å². The van der Waals surface area contributed by atoms with Crippen LogP contribution in [0.3, 0.4) is 0 Å². The van der Waals surface area contributed by atoms with Crippen LogP contribution in [-0.4, -0.2) is 63.4 Å². The Kier molecular flexibility index (Phi) is 5.04. The second kappa shape index (κ2) is 7.16. The van der Waals surface area contributed by atoms with Crippen LogP contribution < -0.4 is 0 Å². The summed E-state index contributed by atoms with van der Waals surface area (Å²) in [6.45, 7) is 10.4. The Morgan fingerprint density at radius 3 is 2.31 bits per heavy atom. The lowest BCUT2D eigenvalue weighted by molar-refractivity contribution is -0.205. The number of cyclic esters (lactones) is 1. The number of hydrogen-bond donors (Lipinski definition) is 1. The summed E-state index contributed by atoms with van der Waals surface area (Å²) >= 11 is 0. The number of ether oxygens (including phenoxy) is 3. The Morgan fingerprint density at radius 2 is 1.75 bits per heavy atom. The molecule has 1 N–H and O–H groups in total. The number of fused-ring (bicyclic) bond motifs is 5. The smallest absolute Gasteiger partial charge is 0.410 e. The zero-order valence-corrected chi connectivity index (χ0v) is 19.2. The van der Waals surface area contributed by atoms with Gasteiger partial charge in [-0.1, -0.05) is 6.07 Å². The number of amides is 1. The largest absolute Gasteiger partial charge is 0.459 e. The number of aromatic nitrogens is 1. The van der Waals surface area contributed by atoms with E-state index in [1.807, 2.05) is 6.07 Å². The second-order valence-electron chi connectivity index (χ2n) is 10.7. The molecule has 174 valence electrons. The van der Waals surface area contributed by atoms with Gasteiger partial charge in [0.25, 0.3) is 0 Å². The molecule has 0 bridgehead atoms. The Labute approximate surface area is 187 Å². The lowest BCUT2D eigenvalue weighted by Crippen LogP contribution is -2.60. The standard InChI is InChI=1S/C23H30N2O7/c1-21(2,3)31-18(27)23(19(28)32-22(4,5)6)15-13(10-25-14(15)11-30-20(25)29)12-8-7-9-24-16(12)17(23)26/h7-9,13-15,17,26H,10-11H2,1-6H3/t13-,14-,15+,17?/m1/s1. The van der Waals surface area contributed by atoms with Gasteiger partial charge in [-0.05, 0) is 53.2 Å². The molecule has 32 heavy (non-hydrogen) atoms. The topological polar surface area (TPSA) is 115 Å². The maximum Gasteiger partial charge on any atom is 0.410 e. The number of carbonyl (C=O) groups is 3. The summed E-state index contributed by atoms with van der Waals surface area (Å²) in [6, 6.07) is 2.96. The predicted octanol–water partition coefficient (Wildman–Crippen LogP) is 2.33. The maximum absolute atomic E-state index is 13.8. The Balaban J connectivity index is 1.96. The summed E-state index contributed by atoms with van der Waals surface area (Å²) in [4.78, 5) is 45.9. The third-order valence-electron chi connectivity index (χ3n) is 6.21. The van der Waals surface area contributed by atoms with Gasteiger partial charge in [0.15, 0.2) is 0 Å². The summed E-state index contributed by atoms with van der Waals surface area (Å²) < 4.78 is 16.7. The van der Waals surface area contributed by atoms with E-state index in [-0.39, 0.29) is 18.8 Å². The van der Waals surface area contributed by atoms with Crippen LogP contribution >= 0.6 is 0 Å². The van der Waals surface area contributed by atoms with Crippen molar-refractivity contribution in [3.8, 4) is 0 Å². The van der Waals surface area contributed by atoms with E-state index in [2.05, 4.69) is 4.98 Å². The van der Waals surface area contributed by atoms with Crippen molar-refractivity contribution >= 4 is 18.0 Å². The average molecular weight is 447 g/mol. The molecule has 0 saturated carbocycles. The van der Waals surface area contributed by atoms with Crippen molar-refractivity contribution in [1.82, 2.24) is 9.88 Å². The van der Waals surface area contributed by atoms with Crippen LogP contribution in [0.4, 0.5) is 4.79 Å². The van der Waals surface area contributed by atoms with Crippen LogP contribution in [0.25, 0.3) is 0 Å². The molecule has 0 spiro atoms. The van der Waals surface area contributed by atoms with Gasteiger partial charge in [0.1, 0.15) is 23.9 Å². The van der Waals surface area contributed by atoms with Gasteiger partial charge < -0.3 is 24.2 Å². The first kappa shape index (κ1) is 22.5. The van der Waals surface area contributed by atoms with E-state index < -0.39 is 58.6 Å². The molecule has 1 unspecified atom stereocenters. The fourth-order valence-electron chi connectivity index (χ4n) is 5.15. The second-order valence-corrected chi connectivity index (χ2v) is 10.7. The lowest BCUT2D eigenvalue weighted by atomic mass is 9.58. The number of carbonyl (C=O) groups excluding carboxylic acids is 3. The summed E-state index contributed by atoms with van der Waals surface area (Å²) in [5.74, 6) is -3.00. The van der Waals surface area contributed by atoms with Crippen molar-refractivity contribution in [1.29, 1.82) is 0 Å². The normalized spacial score (nSPS) is 28.3. The quantitative estimate of drug-likeness (QED) is 0.418. The van der Waals surface area contributed by atoms with Crippen LogP contribution in [-0.2, 0) is 23.8 Å². The SMILES string of the molecule is CC(C)(C)OC(=O)C1(C(=O)OC(C)(C)C)C(O)c2ncccc2[C@H]2CN3C(=O)OC[C@@H]3[C@H]21. The van der Waals surface area contributed by atoms with Crippen LogP contribution in [0.2, 0.25) is 0 Å². The van der Waals surface area contributed by atoms with E-state index >= 15 is 0 Å². The van der Waals surface area contributed by atoms with Crippen molar-refractivity contribution in [2.45, 2.75) is 70.8 Å². The molecule has 2 fully saturated rings. The first-order chi connectivity index (χ1) is 14.8. The molecule has 9 nitrogen and oxygen atoms in total. The first-order valence-electron chi connectivity index (χ1n) is 10.8. The highest BCUT2D eigenvalue weighted by Gasteiger charge is 2.72. The molecule has 1 aliphatic carbocycles. The molecule has 4 rings (SSSR count). The minimum atomic E-state index is -2.11. The maximum atomic E-state index is 13.8. The lowest BCUT2D eigenvalue weighted by Gasteiger charge is -2.47. The van der Waals surface area contributed by atoms with Crippen LogP contribution in [0.15, 0.2) is 18.3 Å². The number of pyridine rings is 1. The van der Waals surface area contributed by atoms with Gasteiger partial charge in [0.05, 0.1) is 11.7 Å². The zero-order valence-electron chi connectivity index (χ0n) is 19.2. The fourth-order valence-corrected chi connectivity index (χ4v) is 5.15. The minimum absolute atomic E-state index is 0.00958. The molecule has 1 amide bonds. The monoisotopic (exact) mass is 446 g/mol. The number of rotatable bonds is 2. The van der Waals surface area contributed by atoms with E-state index in [9.17, 15) is 19.5 Å². The molecule has 0 aromatic carbocycles. The Morgan fingerprint density at radius 1 is 1.16 bits per heavy atom. The minimum Gasteiger partial charge on any atom is -0.459 e. The van der Waals surface area contributed by atoms with Gasteiger partial charge >= 0.3 is 18.0 Å². The molecule has 4 atom stereocenters. The molecule has 3 aliphatic rings. The Hall–Kier alpha value is -2.68. The summed E-state index contributed by atoms with van der Waals surface area (Å²) in [6.07, 6.45) is -0.617. The number of hydrogen-bond acceptors (Lipinski definition) is 8. The number of esters is 2. The zero-order chi connectivity index (χ0) is 23.6. The molecule has 2 aliphatic heterocycles. The van der Waals surface area contributed by atoms with E-state index in [1.165, 1.54) is 11.1 Å². The summed E-state index contributed by atoms with van der Waals surface area (Å²) in [5, 5.41) is 11.6. The van der Waals surface area contributed by atoms with Gasteiger partial charge in [-0.2, -0.15) is 0 Å². The highest BCUT2D eigenvalue weighted by Crippen LogP contribution is 2.60. The molecule has 3 heterocycles. The molecule has 9 heteroatoms. The van der Waals surface area contributed by atoms with Crippen LogP contribution in [0.1, 0.15) is 64.8 Å².